The Morgan fingerprint density at radius 2 is 2.33 bits per heavy atom. The third-order valence-electron chi connectivity index (χ3n) is 3.19. The Labute approximate surface area is 107 Å². The quantitative estimate of drug-likeness (QED) is 0.893. The first-order valence-electron chi connectivity index (χ1n) is 6.44. The van der Waals surface area contributed by atoms with Crippen molar-refractivity contribution in [2.75, 3.05) is 19.8 Å². The summed E-state index contributed by atoms with van der Waals surface area (Å²) in [5, 5.41) is 3.41. The maximum Gasteiger partial charge on any atom is 0.137 e. The summed E-state index contributed by atoms with van der Waals surface area (Å²) in [5.74, 6) is 0.498. The Balaban J connectivity index is 2.06. The van der Waals surface area contributed by atoms with Crippen LogP contribution in [0, 0.1) is 12.7 Å². The van der Waals surface area contributed by atoms with E-state index in [-0.39, 0.29) is 11.9 Å². The molecule has 1 aliphatic heterocycles. The smallest absolute Gasteiger partial charge is 0.137 e. The molecule has 0 radical (unpaired) electrons. The third-order valence-corrected chi connectivity index (χ3v) is 3.19. The van der Waals surface area contributed by atoms with Crippen LogP contribution < -0.4 is 10.1 Å². The molecule has 18 heavy (non-hydrogen) atoms. The second-order valence-corrected chi connectivity index (χ2v) is 4.59. The minimum Gasteiger partial charge on any atom is -0.486 e. The molecule has 1 aromatic carbocycles. The van der Waals surface area contributed by atoms with Crippen molar-refractivity contribution < 1.29 is 13.9 Å². The average Bonchev–Trinajstić information content (AvgIpc) is 2.35. The molecule has 100 valence electrons. The molecule has 2 unspecified atom stereocenters. The lowest BCUT2D eigenvalue weighted by Gasteiger charge is -2.32. The van der Waals surface area contributed by atoms with Crippen LogP contribution in [0.25, 0.3) is 0 Å². The number of hydrogen-bond donors (Lipinski definition) is 1. The van der Waals surface area contributed by atoms with Crippen LogP contribution in [0.3, 0.4) is 0 Å². The Bertz CT molecular complexity index is 395. The molecule has 4 heteroatoms. The van der Waals surface area contributed by atoms with Gasteiger partial charge in [-0.15, -0.1) is 0 Å². The first-order chi connectivity index (χ1) is 8.70. The zero-order valence-corrected chi connectivity index (χ0v) is 10.9. The van der Waals surface area contributed by atoms with Crippen molar-refractivity contribution in [2.24, 2.45) is 0 Å². The molecule has 1 N–H and O–H groups in total. The molecule has 2 atom stereocenters. The molecule has 1 aliphatic rings. The van der Waals surface area contributed by atoms with Crippen molar-refractivity contribution in [3.63, 3.8) is 0 Å². The summed E-state index contributed by atoms with van der Waals surface area (Å²) in [7, 11) is 0. The highest BCUT2D eigenvalue weighted by atomic mass is 19.1. The topological polar surface area (TPSA) is 30.5 Å². The van der Waals surface area contributed by atoms with Crippen LogP contribution in [0.1, 0.15) is 18.9 Å². The number of benzene rings is 1. The molecule has 1 saturated heterocycles. The van der Waals surface area contributed by atoms with Crippen molar-refractivity contribution in [1.82, 2.24) is 5.32 Å². The summed E-state index contributed by atoms with van der Waals surface area (Å²) in [6, 6.07) is 4.89. The number of hydrogen-bond acceptors (Lipinski definition) is 3. The lowest BCUT2D eigenvalue weighted by Crippen LogP contribution is -2.49. The molecule has 0 saturated carbocycles. The van der Waals surface area contributed by atoms with Crippen LogP contribution in [-0.4, -0.2) is 31.9 Å². The molecular weight excluding hydrogens is 233 g/mol. The largest absolute Gasteiger partial charge is 0.486 e. The second kappa shape index (κ2) is 6.16. The standard InChI is InChI=1S/C14H20FNO2/c1-3-16-12-6-7-17-9-14(12)18-13-5-4-11(15)8-10(13)2/h4-5,8,12,14,16H,3,6-7,9H2,1-2H3. The van der Waals surface area contributed by atoms with Crippen molar-refractivity contribution in [3.8, 4) is 5.75 Å². The van der Waals surface area contributed by atoms with Gasteiger partial charge in [0.15, 0.2) is 0 Å². The SMILES string of the molecule is CCNC1CCOCC1Oc1ccc(F)cc1C. The van der Waals surface area contributed by atoms with Gasteiger partial charge in [-0.1, -0.05) is 6.92 Å². The van der Waals surface area contributed by atoms with Gasteiger partial charge in [-0.25, -0.2) is 4.39 Å². The maximum absolute atomic E-state index is 13.0. The van der Waals surface area contributed by atoms with E-state index in [9.17, 15) is 4.39 Å². The summed E-state index contributed by atoms with van der Waals surface area (Å²) >= 11 is 0. The van der Waals surface area contributed by atoms with E-state index in [4.69, 9.17) is 9.47 Å². The van der Waals surface area contributed by atoms with E-state index in [1.165, 1.54) is 12.1 Å². The van der Waals surface area contributed by atoms with Gasteiger partial charge in [0, 0.05) is 12.6 Å². The third kappa shape index (κ3) is 3.21. The fraction of sp³-hybridized carbons (Fsp3) is 0.571. The average molecular weight is 253 g/mol. The second-order valence-electron chi connectivity index (χ2n) is 4.59. The fourth-order valence-electron chi connectivity index (χ4n) is 2.23. The zero-order chi connectivity index (χ0) is 13.0. The number of rotatable bonds is 4. The molecule has 1 heterocycles. The van der Waals surface area contributed by atoms with Gasteiger partial charge >= 0.3 is 0 Å². The van der Waals surface area contributed by atoms with Gasteiger partial charge < -0.3 is 14.8 Å². The normalized spacial score (nSPS) is 23.9. The zero-order valence-electron chi connectivity index (χ0n) is 10.9. The number of nitrogens with one attached hydrogen (secondary N) is 1. The van der Waals surface area contributed by atoms with Crippen LogP contribution in [-0.2, 0) is 4.74 Å². The van der Waals surface area contributed by atoms with Crippen molar-refractivity contribution in [3.05, 3.63) is 29.6 Å². The number of ether oxygens (including phenoxy) is 2. The Morgan fingerprint density at radius 1 is 1.50 bits per heavy atom. The van der Waals surface area contributed by atoms with Gasteiger partial charge in [0.1, 0.15) is 17.7 Å². The monoisotopic (exact) mass is 253 g/mol. The minimum atomic E-state index is -0.233. The van der Waals surface area contributed by atoms with Crippen molar-refractivity contribution in [1.29, 1.82) is 0 Å². The number of aryl methyl sites for hydroxylation is 1. The van der Waals surface area contributed by atoms with E-state index in [0.717, 1.165) is 30.9 Å². The highest BCUT2D eigenvalue weighted by molar-refractivity contribution is 5.32. The highest BCUT2D eigenvalue weighted by Gasteiger charge is 2.27. The maximum atomic E-state index is 13.0. The Hall–Kier alpha value is -1.13. The van der Waals surface area contributed by atoms with E-state index < -0.39 is 0 Å². The van der Waals surface area contributed by atoms with Gasteiger partial charge in [-0.05, 0) is 43.7 Å². The molecule has 1 aromatic rings. The van der Waals surface area contributed by atoms with Crippen molar-refractivity contribution >= 4 is 0 Å². The first kappa shape index (κ1) is 13.3. The van der Waals surface area contributed by atoms with Gasteiger partial charge in [-0.2, -0.15) is 0 Å². The van der Waals surface area contributed by atoms with Crippen molar-refractivity contribution in [2.45, 2.75) is 32.4 Å². The van der Waals surface area contributed by atoms with Gasteiger partial charge in [-0.3, -0.25) is 0 Å². The lowest BCUT2D eigenvalue weighted by atomic mass is 10.1. The van der Waals surface area contributed by atoms with E-state index in [2.05, 4.69) is 12.2 Å². The summed E-state index contributed by atoms with van der Waals surface area (Å²) < 4.78 is 24.4. The van der Waals surface area contributed by atoms with Crippen LogP contribution >= 0.6 is 0 Å². The highest BCUT2D eigenvalue weighted by Crippen LogP contribution is 2.22. The summed E-state index contributed by atoms with van der Waals surface area (Å²) in [6.07, 6.45) is 0.932. The molecule has 0 amide bonds. The van der Waals surface area contributed by atoms with E-state index in [0.29, 0.717) is 12.6 Å². The van der Waals surface area contributed by atoms with Gasteiger partial charge in [0.05, 0.1) is 6.61 Å². The van der Waals surface area contributed by atoms with E-state index in [1.807, 2.05) is 6.92 Å². The molecule has 0 aromatic heterocycles. The summed E-state index contributed by atoms with van der Waals surface area (Å²) in [4.78, 5) is 0. The number of likely N-dealkylation sites (N-methyl/N-ethyl adjacent to an activating group) is 1. The molecule has 2 rings (SSSR count). The van der Waals surface area contributed by atoms with Gasteiger partial charge in [0.2, 0.25) is 0 Å². The fourth-order valence-corrected chi connectivity index (χ4v) is 2.23. The predicted molar refractivity (Wildman–Crippen MR) is 68.5 cm³/mol. The molecule has 0 bridgehead atoms. The lowest BCUT2D eigenvalue weighted by molar-refractivity contribution is -0.0145. The molecule has 3 nitrogen and oxygen atoms in total. The number of halogens is 1. The Morgan fingerprint density at radius 3 is 3.06 bits per heavy atom. The van der Waals surface area contributed by atoms with Crippen LogP contribution in [0.15, 0.2) is 18.2 Å². The molecular formula is C14H20FNO2. The Kier molecular flexibility index (Phi) is 4.55. The van der Waals surface area contributed by atoms with Crippen LogP contribution in [0.2, 0.25) is 0 Å². The molecule has 0 aliphatic carbocycles. The summed E-state index contributed by atoms with van der Waals surface area (Å²) in [6.45, 7) is 6.18. The van der Waals surface area contributed by atoms with Gasteiger partial charge in [0.25, 0.3) is 0 Å². The van der Waals surface area contributed by atoms with E-state index >= 15 is 0 Å². The first-order valence-corrected chi connectivity index (χ1v) is 6.44. The molecule has 0 spiro atoms. The minimum absolute atomic E-state index is 0.0112. The summed E-state index contributed by atoms with van der Waals surface area (Å²) in [5.41, 5.74) is 0.816. The van der Waals surface area contributed by atoms with Crippen LogP contribution in [0.4, 0.5) is 4.39 Å². The van der Waals surface area contributed by atoms with E-state index in [1.54, 1.807) is 6.07 Å². The predicted octanol–water partition coefficient (Wildman–Crippen LogP) is 2.28. The molecule has 1 fully saturated rings. The van der Waals surface area contributed by atoms with Crippen LogP contribution in [0.5, 0.6) is 5.75 Å².